The van der Waals surface area contributed by atoms with Crippen LogP contribution in [0.3, 0.4) is 0 Å². The SMILES string of the molecule is CC(C)c1ncc(N2CC=C(C(F)(F)F)CC2)c(CO)n1. The Morgan fingerprint density at radius 1 is 1.38 bits per heavy atom. The Bertz CT molecular complexity index is 541. The second-order valence-electron chi connectivity index (χ2n) is 5.30. The Kier molecular flexibility index (Phi) is 4.51. The first-order chi connectivity index (χ1) is 9.82. The first-order valence-corrected chi connectivity index (χ1v) is 6.80. The van der Waals surface area contributed by atoms with Crippen molar-refractivity contribution in [1.29, 1.82) is 0 Å². The van der Waals surface area contributed by atoms with E-state index < -0.39 is 11.7 Å². The molecular formula is C14H18F3N3O. The number of hydrogen-bond acceptors (Lipinski definition) is 4. The van der Waals surface area contributed by atoms with E-state index in [4.69, 9.17) is 0 Å². The van der Waals surface area contributed by atoms with Crippen molar-refractivity contribution in [2.45, 2.75) is 39.0 Å². The molecule has 0 saturated heterocycles. The fourth-order valence-corrected chi connectivity index (χ4v) is 2.23. The highest BCUT2D eigenvalue weighted by atomic mass is 19.4. The van der Waals surface area contributed by atoms with Gasteiger partial charge in [0.2, 0.25) is 0 Å². The molecular weight excluding hydrogens is 283 g/mol. The summed E-state index contributed by atoms with van der Waals surface area (Å²) >= 11 is 0. The van der Waals surface area contributed by atoms with Crippen LogP contribution < -0.4 is 4.90 Å². The molecule has 0 bridgehead atoms. The van der Waals surface area contributed by atoms with E-state index in [1.807, 2.05) is 13.8 Å². The van der Waals surface area contributed by atoms with Gasteiger partial charge >= 0.3 is 6.18 Å². The molecule has 2 rings (SSSR count). The molecule has 4 nitrogen and oxygen atoms in total. The normalized spacial score (nSPS) is 16.3. The predicted molar refractivity (Wildman–Crippen MR) is 73.0 cm³/mol. The monoisotopic (exact) mass is 301 g/mol. The number of alkyl halides is 3. The zero-order chi connectivity index (χ0) is 15.6. The van der Waals surface area contributed by atoms with E-state index in [1.54, 1.807) is 11.1 Å². The molecule has 0 spiro atoms. The van der Waals surface area contributed by atoms with Crippen molar-refractivity contribution in [1.82, 2.24) is 9.97 Å². The van der Waals surface area contributed by atoms with Crippen LogP contribution in [0.2, 0.25) is 0 Å². The van der Waals surface area contributed by atoms with Gasteiger partial charge < -0.3 is 10.0 Å². The third-order valence-corrected chi connectivity index (χ3v) is 3.44. The van der Waals surface area contributed by atoms with Gasteiger partial charge in [-0.05, 0) is 6.42 Å². The highest BCUT2D eigenvalue weighted by molar-refractivity contribution is 5.51. The van der Waals surface area contributed by atoms with Crippen LogP contribution >= 0.6 is 0 Å². The minimum atomic E-state index is -4.26. The van der Waals surface area contributed by atoms with Crippen LogP contribution in [-0.2, 0) is 6.61 Å². The maximum atomic E-state index is 12.6. The van der Waals surface area contributed by atoms with Gasteiger partial charge in [-0.25, -0.2) is 9.97 Å². The summed E-state index contributed by atoms with van der Waals surface area (Å²) < 4.78 is 37.8. The molecule has 1 aromatic heterocycles. The molecule has 1 aromatic rings. The molecule has 0 fully saturated rings. The third-order valence-electron chi connectivity index (χ3n) is 3.44. The van der Waals surface area contributed by atoms with Crippen LogP contribution in [-0.4, -0.2) is 34.3 Å². The van der Waals surface area contributed by atoms with Gasteiger partial charge in [-0.15, -0.1) is 0 Å². The Hall–Kier alpha value is -1.63. The summed E-state index contributed by atoms with van der Waals surface area (Å²) in [4.78, 5) is 10.3. The van der Waals surface area contributed by atoms with Crippen molar-refractivity contribution in [3.05, 3.63) is 29.4 Å². The maximum absolute atomic E-state index is 12.6. The Labute approximate surface area is 121 Å². The van der Waals surface area contributed by atoms with Crippen LogP contribution in [0.25, 0.3) is 0 Å². The van der Waals surface area contributed by atoms with Gasteiger partial charge in [-0.2, -0.15) is 13.2 Å². The summed E-state index contributed by atoms with van der Waals surface area (Å²) in [5.41, 5.74) is 0.556. The van der Waals surface area contributed by atoms with Crippen molar-refractivity contribution in [3.8, 4) is 0 Å². The average molecular weight is 301 g/mol. The minimum absolute atomic E-state index is 0.0691. The number of nitrogens with zero attached hydrogens (tertiary/aromatic N) is 3. The lowest BCUT2D eigenvalue weighted by atomic mass is 10.1. The van der Waals surface area contributed by atoms with E-state index in [-0.39, 0.29) is 32.0 Å². The molecule has 116 valence electrons. The van der Waals surface area contributed by atoms with Crippen molar-refractivity contribution in [3.63, 3.8) is 0 Å². The smallest absolute Gasteiger partial charge is 0.390 e. The fraction of sp³-hybridized carbons (Fsp3) is 0.571. The molecule has 21 heavy (non-hydrogen) atoms. The Morgan fingerprint density at radius 2 is 2.10 bits per heavy atom. The summed E-state index contributed by atoms with van der Waals surface area (Å²) in [7, 11) is 0. The second-order valence-corrected chi connectivity index (χ2v) is 5.30. The van der Waals surface area contributed by atoms with Gasteiger partial charge in [-0.1, -0.05) is 19.9 Å². The highest BCUT2D eigenvalue weighted by Crippen LogP contribution is 2.32. The molecule has 1 N–H and O–H groups in total. The lowest BCUT2D eigenvalue weighted by Crippen LogP contribution is -2.33. The van der Waals surface area contributed by atoms with E-state index in [2.05, 4.69) is 9.97 Å². The van der Waals surface area contributed by atoms with Gasteiger partial charge in [0.25, 0.3) is 0 Å². The van der Waals surface area contributed by atoms with Gasteiger partial charge in [0.15, 0.2) is 0 Å². The fourth-order valence-electron chi connectivity index (χ4n) is 2.23. The summed E-state index contributed by atoms with van der Waals surface area (Å²) in [6, 6.07) is 0. The number of aliphatic hydroxyl groups is 1. The van der Waals surface area contributed by atoms with Crippen LogP contribution in [0.5, 0.6) is 0 Å². The molecule has 1 aliphatic rings. The van der Waals surface area contributed by atoms with Crippen LogP contribution in [0.4, 0.5) is 18.9 Å². The van der Waals surface area contributed by atoms with Gasteiger partial charge in [0.05, 0.1) is 24.2 Å². The lowest BCUT2D eigenvalue weighted by molar-refractivity contribution is -0.0944. The zero-order valence-electron chi connectivity index (χ0n) is 12.0. The summed E-state index contributed by atoms with van der Waals surface area (Å²) in [6.07, 6.45) is -1.56. The van der Waals surface area contributed by atoms with Crippen molar-refractivity contribution in [2.24, 2.45) is 0 Å². The Morgan fingerprint density at radius 3 is 2.57 bits per heavy atom. The Balaban J connectivity index is 2.22. The van der Waals surface area contributed by atoms with Crippen molar-refractivity contribution < 1.29 is 18.3 Å². The number of halogens is 3. The number of hydrogen-bond donors (Lipinski definition) is 1. The number of rotatable bonds is 3. The molecule has 0 unspecified atom stereocenters. The van der Waals surface area contributed by atoms with Crippen LogP contribution in [0.15, 0.2) is 17.8 Å². The largest absolute Gasteiger partial charge is 0.412 e. The molecule has 7 heteroatoms. The van der Waals surface area contributed by atoms with Crippen LogP contribution in [0.1, 0.15) is 37.7 Å². The topological polar surface area (TPSA) is 49.2 Å². The first-order valence-electron chi connectivity index (χ1n) is 6.80. The number of aliphatic hydroxyl groups excluding tert-OH is 1. The molecule has 0 amide bonds. The molecule has 0 saturated carbocycles. The van der Waals surface area contributed by atoms with E-state index >= 15 is 0 Å². The zero-order valence-corrected chi connectivity index (χ0v) is 12.0. The summed E-state index contributed by atoms with van der Waals surface area (Å²) in [6.45, 7) is 4.00. The molecule has 0 atom stereocenters. The lowest BCUT2D eigenvalue weighted by Gasteiger charge is -2.30. The molecule has 1 aliphatic heterocycles. The number of anilines is 1. The van der Waals surface area contributed by atoms with E-state index in [0.29, 0.717) is 17.2 Å². The number of aromatic nitrogens is 2. The van der Waals surface area contributed by atoms with Gasteiger partial charge in [0, 0.05) is 24.6 Å². The first kappa shape index (κ1) is 15.8. The van der Waals surface area contributed by atoms with Crippen molar-refractivity contribution in [2.75, 3.05) is 18.0 Å². The summed E-state index contributed by atoms with van der Waals surface area (Å²) in [5, 5.41) is 9.42. The van der Waals surface area contributed by atoms with Crippen molar-refractivity contribution >= 4 is 5.69 Å². The standard InChI is InChI=1S/C14H18F3N3O/c1-9(2)13-18-7-12(11(8-21)19-13)20-5-3-10(4-6-20)14(15,16)17/h3,7,9,21H,4-6,8H2,1-2H3. The maximum Gasteiger partial charge on any atom is 0.412 e. The molecule has 0 radical (unpaired) electrons. The predicted octanol–water partition coefficient (Wildman–Crippen LogP) is 2.79. The molecule has 0 aromatic carbocycles. The van der Waals surface area contributed by atoms with E-state index in [1.165, 1.54) is 6.08 Å². The molecule has 2 heterocycles. The average Bonchev–Trinajstić information content (AvgIpc) is 2.45. The van der Waals surface area contributed by atoms with Gasteiger partial charge in [-0.3, -0.25) is 0 Å². The third kappa shape index (κ3) is 3.53. The van der Waals surface area contributed by atoms with E-state index in [0.717, 1.165) is 0 Å². The van der Waals surface area contributed by atoms with E-state index in [9.17, 15) is 18.3 Å². The highest BCUT2D eigenvalue weighted by Gasteiger charge is 2.35. The van der Waals surface area contributed by atoms with Crippen LogP contribution in [0, 0.1) is 0 Å². The summed E-state index contributed by atoms with van der Waals surface area (Å²) in [5.74, 6) is 0.744. The second kappa shape index (κ2) is 6.01. The van der Waals surface area contributed by atoms with Gasteiger partial charge in [0.1, 0.15) is 5.82 Å². The molecule has 0 aliphatic carbocycles. The quantitative estimate of drug-likeness (QED) is 0.872. The minimum Gasteiger partial charge on any atom is -0.390 e.